The van der Waals surface area contributed by atoms with Gasteiger partial charge in [0, 0.05) is 31.7 Å². The van der Waals surface area contributed by atoms with Crippen molar-refractivity contribution in [3.63, 3.8) is 0 Å². The molecule has 128 valence electrons. The van der Waals surface area contributed by atoms with E-state index in [9.17, 15) is 4.79 Å². The Morgan fingerprint density at radius 3 is 2.88 bits per heavy atom. The van der Waals surface area contributed by atoms with Gasteiger partial charge in [-0.05, 0) is 23.4 Å². The van der Waals surface area contributed by atoms with Crippen LogP contribution < -0.4 is 5.56 Å². The van der Waals surface area contributed by atoms with E-state index >= 15 is 0 Å². The van der Waals surface area contributed by atoms with Crippen LogP contribution in [0.4, 0.5) is 0 Å². The smallest absolute Gasteiger partial charge is 0.276 e. The van der Waals surface area contributed by atoms with Gasteiger partial charge >= 0.3 is 0 Å². The van der Waals surface area contributed by atoms with Gasteiger partial charge in [-0.2, -0.15) is 0 Å². The minimum atomic E-state index is -0.174. The quantitative estimate of drug-likeness (QED) is 0.726. The number of aromatic amines is 1. The Bertz CT molecular complexity index is 936. The Morgan fingerprint density at radius 1 is 1.28 bits per heavy atom. The Kier molecular flexibility index (Phi) is 4.42. The van der Waals surface area contributed by atoms with Gasteiger partial charge in [0.1, 0.15) is 5.56 Å². The van der Waals surface area contributed by atoms with E-state index < -0.39 is 0 Å². The van der Waals surface area contributed by atoms with Crippen molar-refractivity contribution in [1.29, 1.82) is 0 Å². The molecule has 0 atom stereocenters. The second-order valence-electron chi connectivity index (χ2n) is 6.04. The van der Waals surface area contributed by atoms with Crippen molar-refractivity contribution in [2.75, 3.05) is 12.8 Å². The molecule has 1 aromatic carbocycles. The molecule has 1 aliphatic heterocycles. The molecule has 0 unspecified atom stereocenters. The fourth-order valence-electron chi connectivity index (χ4n) is 3.10. The summed E-state index contributed by atoms with van der Waals surface area (Å²) in [7, 11) is 0. The third-order valence-corrected chi connectivity index (χ3v) is 4.86. The number of hydrogen-bond donors (Lipinski definition) is 1. The minimum absolute atomic E-state index is 0.174. The molecule has 0 aliphatic carbocycles. The van der Waals surface area contributed by atoms with Crippen LogP contribution in [-0.2, 0) is 19.5 Å². The summed E-state index contributed by atoms with van der Waals surface area (Å²) in [6.45, 7) is 2.61. The summed E-state index contributed by atoms with van der Waals surface area (Å²) in [5.74, 6) is 0.272. The number of thioether (sulfide) groups is 1. The number of rotatable bonds is 4. The van der Waals surface area contributed by atoms with Crippen molar-refractivity contribution in [3.8, 4) is 11.5 Å². The van der Waals surface area contributed by atoms with Crippen molar-refractivity contribution < 1.29 is 4.42 Å². The topological polar surface area (TPSA) is 75.0 Å². The molecule has 0 saturated heterocycles. The molecule has 0 spiro atoms. The van der Waals surface area contributed by atoms with Crippen LogP contribution in [0, 0.1) is 0 Å². The molecular formula is C18H18N4O2S. The largest absolute Gasteiger partial charge is 0.411 e. The number of nitrogens with zero attached hydrogens (tertiary/aromatic N) is 3. The highest BCUT2D eigenvalue weighted by molar-refractivity contribution is 7.98. The van der Waals surface area contributed by atoms with E-state index in [4.69, 9.17) is 4.42 Å². The van der Waals surface area contributed by atoms with Crippen LogP contribution in [0.3, 0.4) is 0 Å². The highest BCUT2D eigenvalue weighted by Gasteiger charge is 2.21. The van der Waals surface area contributed by atoms with Crippen molar-refractivity contribution >= 4 is 11.8 Å². The number of pyridine rings is 1. The van der Waals surface area contributed by atoms with Gasteiger partial charge in [0.15, 0.2) is 0 Å². The van der Waals surface area contributed by atoms with Crippen LogP contribution in [0.15, 0.2) is 50.8 Å². The van der Waals surface area contributed by atoms with Crippen LogP contribution in [-0.4, -0.2) is 32.9 Å². The zero-order valence-corrected chi connectivity index (χ0v) is 14.7. The van der Waals surface area contributed by atoms with Crippen molar-refractivity contribution in [2.24, 2.45) is 0 Å². The van der Waals surface area contributed by atoms with E-state index in [1.165, 1.54) is 17.3 Å². The predicted molar refractivity (Wildman–Crippen MR) is 96.4 cm³/mol. The number of nitrogens with one attached hydrogen (secondary N) is 1. The zero-order valence-electron chi connectivity index (χ0n) is 13.9. The Labute approximate surface area is 149 Å². The molecule has 0 amide bonds. The third kappa shape index (κ3) is 3.38. The van der Waals surface area contributed by atoms with Gasteiger partial charge in [-0.3, -0.25) is 9.69 Å². The second-order valence-corrected chi connectivity index (χ2v) is 6.80. The second kappa shape index (κ2) is 6.85. The Morgan fingerprint density at radius 2 is 2.12 bits per heavy atom. The monoisotopic (exact) mass is 354 g/mol. The number of fused-ring (bicyclic) bond motifs is 1. The summed E-state index contributed by atoms with van der Waals surface area (Å²) in [5.41, 5.74) is 3.67. The predicted octanol–water partition coefficient (Wildman–Crippen LogP) is 2.71. The first-order valence-corrected chi connectivity index (χ1v) is 9.34. The molecule has 1 N–H and O–H groups in total. The molecule has 6 nitrogen and oxygen atoms in total. The van der Waals surface area contributed by atoms with Crippen LogP contribution in [0.5, 0.6) is 0 Å². The maximum atomic E-state index is 12.4. The fraction of sp³-hybridized carbons (Fsp3) is 0.278. The fourth-order valence-corrected chi connectivity index (χ4v) is 3.39. The van der Waals surface area contributed by atoms with Gasteiger partial charge in [-0.25, -0.2) is 0 Å². The summed E-state index contributed by atoms with van der Waals surface area (Å²) in [6.07, 6.45) is 2.69. The first kappa shape index (κ1) is 16.1. The highest BCUT2D eigenvalue weighted by atomic mass is 32.2. The Hall–Kier alpha value is -2.38. The molecular weight excluding hydrogens is 336 g/mol. The number of aromatic nitrogens is 3. The van der Waals surface area contributed by atoms with E-state index in [0.29, 0.717) is 10.8 Å². The van der Waals surface area contributed by atoms with Gasteiger partial charge in [-0.15, -0.1) is 10.2 Å². The van der Waals surface area contributed by atoms with Crippen LogP contribution in [0.25, 0.3) is 11.5 Å². The average molecular weight is 354 g/mol. The molecule has 0 saturated carbocycles. The summed E-state index contributed by atoms with van der Waals surface area (Å²) < 4.78 is 5.52. The molecule has 0 radical (unpaired) electrons. The molecule has 0 fully saturated rings. The summed E-state index contributed by atoms with van der Waals surface area (Å²) in [4.78, 5) is 17.7. The molecule has 1 aliphatic rings. The van der Waals surface area contributed by atoms with Gasteiger partial charge < -0.3 is 9.40 Å². The van der Waals surface area contributed by atoms with E-state index in [1.807, 2.05) is 18.4 Å². The lowest BCUT2D eigenvalue weighted by molar-refractivity contribution is 0.243. The maximum absolute atomic E-state index is 12.4. The van der Waals surface area contributed by atoms with Crippen LogP contribution in [0.1, 0.15) is 16.8 Å². The van der Waals surface area contributed by atoms with Gasteiger partial charge in [0.25, 0.3) is 16.7 Å². The maximum Gasteiger partial charge on any atom is 0.276 e. The Balaban J connectivity index is 1.61. The van der Waals surface area contributed by atoms with Crippen molar-refractivity contribution in [1.82, 2.24) is 20.1 Å². The van der Waals surface area contributed by atoms with E-state index in [2.05, 4.69) is 44.3 Å². The number of hydrogen-bond acceptors (Lipinski definition) is 6. The lowest BCUT2D eigenvalue weighted by Crippen LogP contribution is -2.32. The summed E-state index contributed by atoms with van der Waals surface area (Å²) in [5, 5.41) is 8.36. The SMILES string of the molecule is CSc1nnc(-c2cc3c([nH]c2=O)CCN(Cc2ccccc2)C3)o1. The highest BCUT2D eigenvalue weighted by Crippen LogP contribution is 2.24. The van der Waals surface area contributed by atoms with E-state index in [1.54, 1.807) is 0 Å². The van der Waals surface area contributed by atoms with Crippen LogP contribution in [0.2, 0.25) is 0 Å². The third-order valence-electron chi connectivity index (χ3n) is 4.35. The summed E-state index contributed by atoms with van der Waals surface area (Å²) >= 11 is 1.36. The first-order valence-electron chi connectivity index (χ1n) is 8.12. The average Bonchev–Trinajstić information content (AvgIpc) is 3.11. The molecule has 2 aromatic heterocycles. The van der Waals surface area contributed by atoms with Crippen molar-refractivity contribution in [3.05, 3.63) is 63.6 Å². The standard InChI is InChI=1S/C18H18N4O2S/c1-25-18-21-20-17(24-18)14-9-13-11-22(8-7-15(13)19-16(14)23)10-12-5-3-2-4-6-12/h2-6,9H,7-8,10-11H2,1H3,(H,19,23). The molecule has 3 aromatic rings. The molecule has 4 rings (SSSR count). The lowest BCUT2D eigenvalue weighted by Gasteiger charge is -2.28. The van der Waals surface area contributed by atoms with E-state index in [0.717, 1.165) is 37.3 Å². The van der Waals surface area contributed by atoms with Crippen molar-refractivity contribution in [2.45, 2.75) is 24.7 Å². The first-order chi connectivity index (χ1) is 12.2. The van der Waals surface area contributed by atoms with Gasteiger partial charge in [0.2, 0.25) is 0 Å². The lowest BCUT2D eigenvalue weighted by atomic mass is 10.0. The molecule has 25 heavy (non-hydrogen) atoms. The number of H-pyrrole nitrogens is 1. The summed E-state index contributed by atoms with van der Waals surface area (Å²) in [6, 6.07) is 12.3. The molecule has 7 heteroatoms. The van der Waals surface area contributed by atoms with Gasteiger partial charge in [0.05, 0.1) is 0 Å². The van der Waals surface area contributed by atoms with Crippen LogP contribution >= 0.6 is 11.8 Å². The number of benzene rings is 1. The van der Waals surface area contributed by atoms with Gasteiger partial charge in [-0.1, -0.05) is 42.1 Å². The zero-order chi connectivity index (χ0) is 17.2. The minimum Gasteiger partial charge on any atom is -0.411 e. The molecule has 3 heterocycles. The van der Waals surface area contributed by atoms with E-state index in [-0.39, 0.29) is 11.4 Å². The molecule has 0 bridgehead atoms. The normalized spacial score (nSPS) is 14.4.